The van der Waals surface area contributed by atoms with Crippen LogP contribution < -0.4 is 15.0 Å². The van der Waals surface area contributed by atoms with Gasteiger partial charge in [0.05, 0.1) is 12.3 Å². The molecule has 8 heteroatoms. The first-order valence-corrected chi connectivity index (χ1v) is 12.6. The van der Waals surface area contributed by atoms with Crippen molar-refractivity contribution in [2.24, 2.45) is 5.92 Å². The van der Waals surface area contributed by atoms with Crippen LogP contribution >= 0.6 is 0 Å². The van der Waals surface area contributed by atoms with Gasteiger partial charge in [-0.2, -0.15) is 9.61 Å². The molecule has 0 amide bonds. The molecule has 0 atom stereocenters. The number of nitrogens with one attached hydrogen (secondary N) is 1. The summed E-state index contributed by atoms with van der Waals surface area (Å²) in [5.74, 6) is 3.53. The quantitative estimate of drug-likeness (QED) is 0.634. The van der Waals surface area contributed by atoms with E-state index in [1.54, 1.807) is 0 Å². The van der Waals surface area contributed by atoms with Crippen LogP contribution in [-0.4, -0.2) is 50.3 Å². The number of anilines is 2. The summed E-state index contributed by atoms with van der Waals surface area (Å²) in [7, 11) is 0. The summed E-state index contributed by atoms with van der Waals surface area (Å²) in [5, 5.41) is 8.77. The minimum absolute atomic E-state index is 0.476. The molecule has 0 bridgehead atoms. The molecule has 33 heavy (non-hydrogen) atoms. The number of aromatic nitrogens is 5. The molecule has 5 heterocycles. The van der Waals surface area contributed by atoms with Crippen molar-refractivity contribution in [1.82, 2.24) is 24.6 Å². The summed E-state index contributed by atoms with van der Waals surface area (Å²) >= 11 is 0. The number of hydrogen-bond acceptors (Lipinski definition) is 7. The fourth-order valence-electron chi connectivity index (χ4n) is 5.38. The fraction of sp³-hybridized carbons (Fsp3) is 0.600. The van der Waals surface area contributed by atoms with Crippen LogP contribution in [0.15, 0.2) is 12.1 Å². The molecular formula is C25H33N7O. The molecule has 6 rings (SSSR count). The molecule has 2 aliphatic heterocycles. The van der Waals surface area contributed by atoms with Crippen LogP contribution in [0.3, 0.4) is 0 Å². The van der Waals surface area contributed by atoms with Crippen molar-refractivity contribution in [2.75, 3.05) is 29.9 Å². The second-order valence-electron chi connectivity index (χ2n) is 9.96. The lowest BCUT2D eigenvalue weighted by Crippen LogP contribution is -2.27. The Morgan fingerprint density at radius 1 is 1.00 bits per heavy atom. The summed E-state index contributed by atoms with van der Waals surface area (Å²) in [6.45, 7) is 7.20. The van der Waals surface area contributed by atoms with E-state index >= 15 is 0 Å². The van der Waals surface area contributed by atoms with E-state index in [1.165, 1.54) is 38.5 Å². The molecule has 0 aromatic carbocycles. The molecule has 174 valence electrons. The first-order chi connectivity index (χ1) is 16.1. The Balaban J connectivity index is 1.41. The number of aryl methyl sites for hydroxylation is 2. The highest BCUT2D eigenvalue weighted by Gasteiger charge is 2.23. The zero-order valence-electron chi connectivity index (χ0n) is 19.7. The monoisotopic (exact) mass is 447 g/mol. The average molecular weight is 448 g/mol. The second kappa shape index (κ2) is 8.47. The summed E-state index contributed by atoms with van der Waals surface area (Å²) in [5.41, 5.74) is 4.26. The largest absolute Gasteiger partial charge is 0.476 e. The van der Waals surface area contributed by atoms with Crippen molar-refractivity contribution >= 4 is 17.3 Å². The predicted octanol–water partition coefficient (Wildman–Crippen LogP) is 4.41. The zero-order chi connectivity index (χ0) is 22.4. The van der Waals surface area contributed by atoms with E-state index in [0.717, 1.165) is 71.9 Å². The van der Waals surface area contributed by atoms with Crippen LogP contribution in [0, 0.1) is 12.8 Å². The normalized spacial score (nSPS) is 22.9. The van der Waals surface area contributed by atoms with Gasteiger partial charge in [0, 0.05) is 31.3 Å². The first-order valence-electron chi connectivity index (χ1n) is 12.6. The van der Waals surface area contributed by atoms with Gasteiger partial charge < -0.3 is 15.0 Å². The van der Waals surface area contributed by atoms with E-state index in [9.17, 15) is 0 Å². The molecular weight excluding hydrogens is 414 g/mol. The van der Waals surface area contributed by atoms with Crippen LogP contribution in [0.4, 0.5) is 11.6 Å². The third kappa shape index (κ3) is 4.00. The maximum absolute atomic E-state index is 5.79. The van der Waals surface area contributed by atoms with Gasteiger partial charge in [-0.1, -0.05) is 6.92 Å². The highest BCUT2D eigenvalue weighted by molar-refractivity contribution is 5.67. The molecule has 1 aliphatic carbocycles. The minimum atomic E-state index is 0.476. The molecule has 1 saturated carbocycles. The Hall–Kier alpha value is -2.90. The molecule has 3 aliphatic rings. The molecule has 3 aromatic heterocycles. The van der Waals surface area contributed by atoms with Crippen LogP contribution in [0.2, 0.25) is 0 Å². The van der Waals surface area contributed by atoms with Gasteiger partial charge in [0.15, 0.2) is 5.65 Å². The molecule has 8 nitrogen and oxygen atoms in total. The third-order valence-electron chi connectivity index (χ3n) is 7.36. The van der Waals surface area contributed by atoms with Crippen molar-refractivity contribution in [1.29, 1.82) is 0 Å². The number of fused-ring (bicyclic) bond motifs is 2. The molecule has 0 spiro atoms. The zero-order valence-corrected chi connectivity index (χ0v) is 19.7. The molecule has 1 saturated heterocycles. The van der Waals surface area contributed by atoms with Gasteiger partial charge >= 0.3 is 0 Å². The highest BCUT2D eigenvalue weighted by Crippen LogP contribution is 2.31. The van der Waals surface area contributed by atoms with E-state index in [0.29, 0.717) is 18.5 Å². The highest BCUT2D eigenvalue weighted by atomic mass is 16.5. The molecule has 1 N–H and O–H groups in total. The lowest BCUT2D eigenvalue weighted by atomic mass is 9.87. The lowest BCUT2D eigenvalue weighted by Gasteiger charge is -2.28. The smallest absolute Gasteiger partial charge is 0.236 e. The SMILES string of the molecule is Cc1nc2c(nc1-c1cc3nc(N4CCCC4)cc(NC4CCC(C)CC4)n3n1)OCCC2. The lowest BCUT2D eigenvalue weighted by molar-refractivity contribution is 0.272. The van der Waals surface area contributed by atoms with E-state index in [1.807, 2.05) is 17.5 Å². The fourth-order valence-corrected chi connectivity index (χ4v) is 5.38. The molecule has 0 radical (unpaired) electrons. The number of ether oxygens (including phenoxy) is 1. The first kappa shape index (κ1) is 20.7. The maximum atomic E-state index is 5.79. The van der Waals surface area contributed by atoms with Crippen LogP contribution in [0.5, 0.6) is 5.88 Å². The maximum Gasteiger partial charge on any atom is 0.236 e. The third-order valence-corrected chi connectivity index (χ3v) is 7.36. The predicted molar refractivity (Wildman–Crippen MR) is 129 cm³/mol. The van der Waals surface area contributed by atoms with Crippen molar-refractivity contribution < 1.29 is 4.74 Å². The Morgan fingerprint density at radius 2 is 1.82 bits per heavy atom. The van der Waals surface area contributed by atoms with Crippen molar-refractivity contribution in [2.45, 2.75) is 71.3 Å². The van der Waals surface area contributed by atoms with Gasteiger partial charge in [-0.05, 0) is 64.2 Å². The summed E-state index contributed by atoms with van der Waals surface area (Å²) in [6.07, 6.45) is 9.32. The Labute approximate surface area is 194 Å². The Kier molecular flexibility index (Phi) is 5.31. The Bertz CT molecular complexity index is 1160. The van der Waals surface area contributed by atoms with Crippen LogP contribution in [-0.2, 0) is 6.42 Å². The molecule has 2 fully saturated rings. The van der Waals surface area contributed by atoms with Gasteiger partial charge in [0.2, 0.25) is 5.88 Å². The second-order valence-corrected chi connectivity index (χ2v) is 9.96. The summed E-state index contributed by atoms with van der Waals surface area (Å²) in [6, 6.07) is 4.70. The summed E-state index contributed by atoms with van der Waals surface area (Å²) < 4.78 is 7.74. The van der Waals surface area contributed by atoms with Gasteiger partial charge in [0.1, 0.15) is 28.7 Å². The standard InChI is InChI=1S/C25H33N7O/c1-16-7-9-18(10-8-16)27-23-15-21(31-11-3-4-12-31)28-22-14-20(30-32(22)23)24-17(2)26-19-6-5-13-33-25(19)29-24/h14-16,18,27H,3-13H2,1-2H3. The Morgan fingerprint density at radius 3 is 2.64 bits per heavy atom. The van der Waals surface area contributed by atoms with Crippen molar-refractivity contribution in [3.63, 3.8) is 0 Å². The van der Waals surface area contributed by atoms with Crippen LogP contribution in [0.1, 0.15) is 63.3 Å². The van der Waals surface area contributed by atoms with Gasteiger partial charge in [-0.25, -0.2) is 9.97 Å². The van der Waals surface area contributed by atoms with Gasteiger partial charge in [-0.3, -0.25) is 4.98 Å². The van der Waals surface area contributed by atoms with E-state index < -0.39 is 0 Å². The molecule has 3 aromatic rings. The van der Waals surface area contributed by atoms with Crippen molar-refractivity contribution in [3.8, 4) is 17.3 Å². The van der Waals surface area contributed by atoms with E-state index in [2.05, 4.69) is 23.2 Å². The average Bonchev–Trinajstić information content (AvgIpc) is 3.50. The van der Waals surface area contributed by atoms with Crippen LogP contribution in [0.25, 0.3) is 17.0 Å². The van der Waals surface area contributed by atoms with Crippen molar-refractivity contribution in [3.05, 3.63) is 23.5 Å². The minimum Gasteiger partial charge on any atom is -0.476 e. The van der Waals surface area contributed by atoms with Gasteiger partial charge in [0.25, 0.3) is 0 Å². The molecule has 0 unspecified atom stereocenters. The van der Waals surface area contributed by atoms with E-state index in [-0.39, 0.29) is 0 Å². The number of nitrogens with zero attached hydrogens (tertiary/aromatic N) is 6. The van der Waals surface area contributed by atoms with Gasteiger partial charge in [-0.15, -0.1) is 0 Å². The number of rotatable bonds is 4. The number of hydrogen-bond donors (Lipinski definition) is 1. The summed E-state index contributed by atoms with van der Waals surface area (Å²) in [4.78, 5) is 17.0. The topological polar surface area (TPSA) is 80.5 Å². The van der Waals surface area contributed by atoms with E-state index in [4.69, 9.17) is 24.8 Å².